The minimum atomic E-state index is -0.601. The van der Waals surface area contributed by atoms with Gasteiger partial charge in [0.05, 0.1) is 11.1 Å². The quantitative estimate of drug-likeness (QED) is 0.650. The van der Waals surface area contributed by atoms with Gasteiger partial charge in [-0.3, -0.25) is 14.4 Å². The molecule has 1 heterocycles. The Kier molecular flexibility index (Phi) is 7.68. The topological polar surface area (TPSA) is 73.0 Å². The standard InChI is InChI=1S/C27H33FN4O3/c1-3-30(4-2)27(35)22-18-20(29-25(33)21-8-5-6-9-23(21)28)12-13-24(22)31-14-7-15-32(17-16-31)26(34)19-10-11-19/h5-6,8-9,12-13,18-19H,3-4,7,10-11,14-17H2,1-2H3,(H,29,33). The molecule has 8 heteroatoms. The Balaban J connectivity index is 1.59. The minimum Gasteiger partial charge on any atom is -0.369 e. The Labute approximate surface area is 205 Å². The van der Waals surface area contributed by atoms with Crippen LogP contribution in [-0.4, -0.2) is 66.8 Å². The molecule has 2 aromatic rings. The molecule has 0 aromatic heterocycles. The molecule has 186 valence electrons. The molecule has 2 aliphatic rings. The molecule has 1 aliphatic heterocycles. The van der Waals surface area contributed by atoms with Crippen LogP contribution in [0.25, 0.3) is 0 Å². The molecule has 1 saturated heterocycles. The lowest BCUT2D eigenvalue weighted by Gasteiger charge is -2.28. The predicted octanol–water partition coefficient (Wildman–Crippen LogP) is 4.01. The molecule has 0 radical (unpaired) electrons. The highest BCUT2D eigenvalue weighted by molar-refractivity contribution is 6.06. The zero-order chi connectivity index (χ0) is 24.9. The number of benzene rings is 2. The van der Waals surface area contributed by atoms with E-state index in [1.807, 2.05) is 24.8 Å². The number of nitrogens with zero attached hydrogens (tertiary/aromatic N) is 3. The Morgan fingerprint density at radius 3 is 2.40 bits per heavy atom. The van der Waals surface area contributed by atoms with Crippen LogP contribution >= 0.6 is 0 Å². The Morgan fingerprint density at radius 1 is 0.971 bits per heavy atom. The fourth-order valence-corrected chi connectivity index (χ4v) is 4.55. The van der Waals surface area contributed by atoms with E-state index in [2.05, 4.69) is 10.2 Å². The van der Waals surface area contributed by atoms with Crippen LogP contribution in [-0.2, 0) is 4.79 Å². The van der Waals surface area contributed by atoms with E-state index in [1.165, 1.54) is 18.2 Å². The molecule has 0 bridgehead atoms. The third-order valence-corrected chi connectivity index (χ3v) is 6.73. The van der Waals surface area contributed by atoms with E-state index in [-0.39, 0.29) is 23.3 Å². The molecule has 4 rings (SSSR count). The molecule has 7 nitrogen and oxygen atoms in total. The molecule has 1 aliphatic carbocycles. The largest absolute Gasteiger partial charge is 0.369 e. The smallest absolute Gasteiger partial charge is 0.258 e. The molecule has 2 fully saturated rings. The van der Waals surface area contributed by atoms with Crippen LogP contribution in [0.1, 0.15) is 53.8 Å². The lowest BCUT2D eigenvalue weighted by atomic mass is 10.1. The summed E-state index contributed by atoms with van der Waals surface area (Å²) in [5, 5.41) is 2.73. The highest BCUT2D eigenvalue weighted by Crippen LogP contribution is 2.32. The van der Waals surface area contributed by atoms with E-state index in [9.17, 15) is 18.8 Å². The summed E-state index contributed by atoms with van der Waals surface area (Å²) in [7, 11) is 0. The molecule has 1 N–H and O–H groups in total. The molecule has 1 saturated carbocycles. The second-order valence-corrected chi connectivity index (χ2v) is 9.08. The van der Waals surface area contributed by atoms with Crippen molar-refractivity contribution in [1.82, 2.24) is 9.80 Å². The molecule has 2 aromatic carbocycles. The third-order valence-electron chi connectivity index (χ3n) is 6.73. The van der Waals surface area contributed by atoms with Crippen LogP contribution in [0.5, 0.6) is 0 Å². The van der Waals surface area contributed by atoms with Gasteiger partial charge in [-0.25, -0.2) is 4.39 Å². The van der Waals surface area contributed by atoms with E-state index in [0.29, 0.717) is 37.4 Å². The van der Waals surface area contributed by atoms with Crippen molar-refractivity contribution < 1.29 is 18.8 Å². The van der Waals surface area contributed by atoms with Gasteiger partial charge in [-0.05, 0) is 63.4 Å². The summed E-state index contributed by atoms with van der Waals surface area (Å²) in [4.78, 5) is 44.5. The molecule has 35 heavy (non-hydrogen) atoms. The fraction of sp³-hybridized carbons (Fsp3) is 0.444. The van der Waals surface area contributed by atoms with Crippen molar-refractivity contribution in [3.8, 4) is 0 Å². The predicted molar refractivity (Wildman–Crippen MR) is 134 cm³/mol. The van der Waals surface area contributed by atoms with Gasteiger partial charge >= 0.3 is 0 Å². The van der Waals surface area contributed by atoms with Gasteiger partial charge < -0.3 is 20.0 Å². The number of anilines is 2. The maximum Gasteiger partial charge on any atom is 0.258 e. The SMILES string of the molecule is CCN(CC)C(=O)c1cc(NC(=O)c2ccccc2F)ccc1N1CCCN(C(=O)C2CC2)CC1. The molecule has 3 amide bonds. The summed E-state index contributed by atoms with van der Waals surface area (Å²) in [5.41, 5.74) is 1.65. The average Bonchev–Trinajstić information content (AvgIpc) is 3.72. The highest BCUT2D eigenvalue weighted by Gasteiger charge is 2.34. The van der Waals surface area contributed by atoms with Gasteiger partial charge in [0.1, 0.15) is 5.82 Å². The molecular weight excluding hydrogens is 447 g/mol. The number of rotatable bonds is 7. The summed E-state index contributed by atoms with van der Waals surface area (Å²) in [5.74, 6) is -0.852. The first-order valence-corrected chi connectivity index (χ1v) is 12.5. The molecule has 0 spiro atoms. The van der Waals surface area contributed by atoms with Crippen LogP contribution in [0.4, 0.5) is 15.8 Å². The first kappa shape index (κ1) is 24.7. The fourth-order valence-electron chi connectivity index (χ4n) is 4.55. The van der Waals surface area contributed by atoms with E-state index in [4.69, 9.17) is 0 Å². The van der Waals surface area contributed by atoms with Crippen LogP contribution in [0.2, 0.25) is 0 Å². The number of hydrogen-bond acceptors (Lipinski definition) is 4. The van der Waals surface area contributed by atoms with Gasteiger partial charge in [-0.2, -0.15) is 0 Å². The number of hydrogen-bond donors (Lipinski definition) is 1. The summed E-state index contributed by atoms with van der Waals surface area (Å²) in [6.45, 7) is 7.69. The first-order valence-electron chi connectivity index (χ1n) is 12.5. The van der Waals surface area contributed by atoms with Crippen molar-refractivity contribution in [1.29, 1.82) is 0 Å². The number of nitrogens with one attached hydrogen (secondary N) is 1. The highest BCUT2D eigenvalue weighted by atomic mass is 19.1. The Hall–Kier alpha value is -3.42. The van der Waals surface area contributed by atoms with Crippen LogP contribution in [0.15, 0.2) is 42.5 Å². The molecule has 0 atom stereocenters. The average molecular weight is 481 g/mol. The minimum absolute atomic E-state index is 0.0545. The van der Waals surface area contributed by atoms with Crippen LogP contribution in [0, 0.1) is 11.7 Å². The van der Waals surface area contributed by atoms with E-state index < -0.39 is 11.7 Å². The van der Waals surface area contributed by atoms with Gasteiger partial charge in [-0.1, -0.05) is 12.1 Å². The van der Waals surface area contributed by atoms with Crippen molar-refractivity contribution >= 4 is 29.1 Å². The van der Waals surface area contributed by atoms with Gasteiger partial charge in [0.2, 0.25) is 5.91 Å². The summed E-state index contributed by atoms with van der Waals surface area (Å²) in [6, 6.07) is 11.1. The summed E-state index contributed by atoms with van der Waals surface area (Å²) < 4.78 is 14.1. The summed E-state index contributed by atoms with van der Waals surface area (Å²) >= 11 is 0. The number of carbonyl (C=O) groups is 3. The third kappa shape index (κ3) is 5.63. The van der Waals surface area contributed by atoms with Gasteiger partial charge in [0.15, 0.2) is 0 Å². The van der Waals surface area contributed by atoms with Gasteiger partial charge in [0, 0.05) is 56.6 Å². The number of amides is 3. The van der Waals surface area contributed by atoms with Gasteiger partial charge in [-0.15, -0.1) is 0 Å². The van der Waals surface area contributed by atoms with Crippen LogP contribution in [0.3, 0.4) is 0 Å². The van der Waals surface area contributed by atoms with E-state index in [1.54, 1.807) is 23.1 Å². The molecule has 0 unspecified atom stereocenters. The maximum atomic E-state index is 14.1. The van der Waals surface area contributed by atoms with Crippen molar-refractivity contribution in [3.05, 3.63) is 59.4 Å². The van der Waals surface area contributed by atoms with Crippen molar-refractivity contribution in [3.63, 3.8) is 0 Å². The first-order chi connectivity index (χ1) is 16.9. The molecular formula is C27H33FN4O3. The zero-order valence-corrected chi connectivity index (χ0v) is 20.4. The number of carbonyl (C=O) groups excluding carboxylic acids is 3. The van der Waals surface area contributed by atoms with E-state index >= 15 is 0 Å². The number of halogens is 1. The lowest BCUT2D eigenvalue weighted by molar-refractivity contribution is -0.132. The maximum absolute atomic E-state index is 14.1. The van der Waals surface area contributed by atoms with E-state index in [0.717, 1.165) is 38.0 Å². The Bertz CT molecular complexity index is 1100. The van der Waals surface area contributed by atoms with Gasteiger partial charge in [0.25, 0.3) is 11.8 Å². The lowest BCUT2D eigenvalue weighted by Crippen LogP contribution is -2.37. The summed E-state index contributed by atoms with van der Waals surface area (Å²) in [6.07, 6.45) is 2.80. The second kappa shape index (κ2) is 10.9. The normalized spacial score (nSPS) is 16.0. The van der Waals surface area contributed by atoms with Crippen LogP contribution < -0.4 is 10.2 Å². The second-order valence-electron chi connectivity index (χ2n) is 9.08. The van der Waals surface area contributed by atoms with Crippen molar-refractivity contribution in [2.45, 2.75) is 33.1 Å². The Morgan fingerprint density at radius 2 is 1.71 bits per heavy atom. The van der Waals surface area contributed by atoms with Crippen molar-refractivity contribution in [2.24, 2.45) is 5.92 Å². The zero-order valence-electron chi connectivity index (χ0n) is 20.4. The monoisotopic (exact) mass is 480 g/mol. The van der Waals surface area contributed by atoms with Crippen molar-refractivity contribution in [2.75, 3.05) is 49.5 Å².